The first kappa shape index (κ1) is 12.4. The molecule has 1 aromatic heterocycles. The molecule has 1 saturated heterocycles. The molecule has 1 saturated carbocycles. The number of nitrogens with zero attached hydrogens (tertiary/aromatic N) is 2. The lowest BCUT2D eigenvalue weighted by Gasteiger charge is -2.30. The highest BCUT2D eigenvalue weighted by Gasteiger charge is 2.32. The van der Waals surface area contributed by atoms with Crippen molar-refractivity contribution in [3.05, 3.63) is 11.1 Å². The Labute approximate surface area is 114 Å². The number of piperidine rings is 1. The van der Waals surface area contributed by atoms with Crippen LogP contribution in [0.1, 0.15) is 44.7 Å². The smallest absolute Gasteiger partial charge is 0.185 e. The van der Waals surface area contributed by atoms with E-state index in [0.29, 0.717) is 6.04 Å². The van der Waals surface area contributed by atoms with Crippen LogP contribution in [0.3, 0.4) is 0 Å². The molecule has 2 heterocycles. The van der Waals surface area contributed by atoms with Gasteiger partial charge in [-0.2, -0.15) is 0 Å². The molecule has 0 bridgehead atoms. The summed E-state index contributed by atoms with van der Waals surface area (Å²) in [6, 6.07) is 1.44. The third-order valence-electron chi connectivity index (χ3n) is 3.96. The molecule has 1 unspecified atom stereocenters. The summed E-state index contributed by atoms with van der Waals surface area (Å²) in [5.41, 5.74) is 1.25. The van der Waals surface area contributed by atoms with Crippen LogP contribution in [0.25, 0.3) is 0 Å². The molecule has 1 atom stereocenters. The van der Waals surface area contributed by atoms with Crippen LogP contribution in [-0.4, -0.2) is 30.2 Å². The van der Waals surface area contributed by atoms with Crippen molar-refractivity contribution >= 4 is 16.5 Å². The van der Waals surface area contributed by atoms with Gasteiger partial charge in [0, 0.05) is 24.0 Å². The van der Waals surface area contributed by atoms with Crippen molar-refractivity contribution in [2.24, 2.45) is 0 Å². The Morgan fingerprint density at radius 2 is 2.28 bits per heavy atom. The molecule has 3 rings (SSSR count). The average molecular weight is 265 g/mol. The Hall–Kier alpha value is -0.610. The molecule has 2 fully saturated rings. The molecule has 18 heavy (non-hydrogen) atoms. The van der Waals surface area contributed by atoms with Gasteiger partial charge in [0.05, 0.1) is 5.69 Å². The van der Waals surface area contributed by atoms with Gasteiger partial charge in [0.2, 0.25) is 0 Å². The first-order valence-corrected chi connectivity index (χ1v) is 8.19. The quantitative estimate of drug-likeness (QED) is 0.887. The van der Waals surface area contributed by atoms with Gasteiger partial charge in [0.1, 0.15) is 0 Å². The fourth-order valence-corrected chi connectivity index (χ4v) is 3.67. The molecule has 1 aliphatic heterocycles. The molecule has 100 valence electrons. The molecule has 1 aliphatic carbocycles. The first-order chi connectivity index (χ1) is 8.86. The van der Waals surface area contributed by atoms with Crippen molar-refractivity contribution in [2.75, 3.05) is 18.0 Å². The maximum atomic E-state index is 4.77. The SMILES string of the molecule is CCc1csc(N(CC2CCCCN2)C2CC2)n1. The van der Waals surface area contributed by atoms with Gasteiger partial charge in [-0.05, 0) is 38.6 Å². The minimum absolute atomic E-state index is 0.674. The van der Waals surface area contributed by atoms with Gasteiger partial charge in [0.15, 0.2) is 5.13 Å². The summed E-state index contributed by atoms with van der Waals surface area (Å²) in [6.07, 6.45) is 7.82. The second-order valence-electron chi connectivity index (χ2n) is 5.51. The van der Waals surface area contributed by atoms with Crippen LogP contribution in [-0.2, 0) is 6.42 Å². The molecule has 1 N–H and O–H groups in total. The number of hydrogen-bond donors (Lipinski definition) is 1. The number of thiazole rings is 1. The van der Waals surface area contributed by atoms with Crippen LogP contribution in [0, 0.1) is 0 Å². The number of anilines is 1. The fourth-order valence-electron chi connectivity index (χ4n) is 2.68. The highest BCUT2D eigenvalue weighted by molar-refractivity contribution is 7.13. The number of rotatable bonds is 5. The molecule has 3 nitrogen and oxygen atoms in total. The van der Waals surface area contributed by atoms with Gasteiger partial charge in [-0.15, -0.1) is 11.3 Å². The van der Waals surface area contributed by atoms with E-state index in [1.165, 1.54) is 49.5 Å². The Morgan fingerprint density at radius 1 is 1.39 bits per heavy atom. The maximum Gasteiger partial charge on any atom is 0.185 e. The molecule has 0 radical (unpaired) electrons. The van der Waals surface area contributed by atoms with Crippen molar-refractivity contribution in [1.29, 1.82) is 0 Å². The summed E-state index contributed by atoms with van der Waals surface area (Å²) in [5.74, 6) is 0. The van der Waals surface area contributed by atoms with Crippen molar-refractivity contribution in [2.45, 2.75) is 57.5 Å². The number of aryl methyl sites for hydroxylation is 1. The summed E-state index contributed by atoms with van der Waals surface area (Å²) >= 11 is 1.83. The highest BCUT2D eigenvalue weighted by Crippen LogP contribution is 2.34. The number of aromatic nitrogens is 1. The summed E-state index contributed by atoms with van der Waals surface area (Å²) in [6.45, 7) is 4.53. The van der Waals surface area contributed by atoms with E-state index in [-0.39, 0.29) is 0 Å². The second kappa shape index (κ2) is 5.57. The van der Waals surface area contributed by atoms with E-state index in [1.807, 2.05) is 11.3 Å². The standard InChI is InChI=1S/C14H23N3S/c1-2-11-10-18-14(16-11)17(13-6-7-13)9-12-5-3-4-8-15-12/h10,12-13,15H,2-9H2,1H3. The molecular weight excluding hydrogens is 242 g/mol. The lowest BCUT2D eigenvalue weighted by Crippen LogP contribution is -2.44. The van der Waals surface area contributed by atoms with Gasteiger partial charge in [-0.3, -0.25) is 0 Å². The Balaban J connectivity index is 1.67. The normalized spacial score (nSPS) is 24.2. The van der Waals surface area contributed by atoms with E-state index in [2.05, 4.69) is 22.5 Å². The van der Waals surface area contributed by atoms with Gasteiger partial charge < -0.3 is 10.2 Å². The summed E-state index contributed by atoms with van der Waals surface area (Å²) in [5, 5.41) is 7.13. The third-order valence-corrected chi connectivity index (χ3v) is 4.89. The Kier molecular flexibility index (Phi) is 3.85. The molecule has 0 aromatic carbocycles. The van der Waals surface area contributed by atoms with Crippen LogP contribution in [0.15, 0.2) is 5.38 Å². The third kappa shape index (κ3) is 2.86. The monoisotopic (exact) mass is 265 g/mol. The largest absolute Gasteiger partial charge is 0.344 e. The van der Waals surface area contributed by atoms with Crippen molar-refractivity contribution in [3.63, 3.8) is 0 Å². The van der Waals surface area contributed by atoms with Gasteiger partial charge in [0.25, 0.3) is 0 Å². The molecule has 4 heteroatoms. The molecule has 0 amide bonds. The topological polar surface area (TPSA) is 28.2 Å². The average Bonchev–Trinajstić information content (AvgIpc) is 3.14. The zero-order valence-electron chi connectivity index (χ0n) is 11.2. The highest BCUT2D eigenvalue weighted by atomic mass is 32.1. The zero-order valence-corrected chi connectivity index (χ0v) is 12.0. The summed E-state index contributed by atoms with van der Waals surface area (Å²) in [4.78, 5) is 7.33. The van der Waals surface area contributed by atoms with Gasteiger partial charge >= 0.3 is 0 Å². The minimum Gasteiger partial charge on any atom is -0.344 e. The number of hydrogen-bond acceptors (Lipinski definition) is 4. The van der Waals surface area contributed by atoms with Crippen molar-refractivity contribution < 1.29 is 0 Å². The molecule has 0 spiro atoms. The summed E-state index contributed by atoms with van der Waals surface area (Å²) in [7, 11) is 0. The van der Waals surface area contributed by atoms with Gasteiger partial charge in [-0.1, -0.05) is 13.3 Å². The molecule has 2 aliphatic rings. The maximum absolute atomic E-state index is 4.77. The van der Waals surface area contributed by atoms with Crippen molar-refractivity contribution in [3.8, 4) is 0 Å². The van der Waals surface area contributed by atoms with E-state index in [0.717, 1.165) is 19.0 Å². The van der Waals surface area contributed by atoms with Crippen LogP contribution in [0.2, 0.25) is 0 Å². The second-order valence-corrected chi connectivity index (χ2v) is 6.34. The zero-order chi connectivity index (χ0) is 12.4. The van der Waals surface area contributed by atoms with Gasteiger partial charge in [-0.25, -0.2) is 4.98 Å². The van der Waals surface area contributed by atoms with E-state index in [9.17, 15) is 0 Å². The van der Waals surface area contributed by atoms with E-state index in [1.54, 1.807) is 0 Å². The summed E-state index contributed by atoms with van der Waals surface area (Å²) < 4.78 is 0. The van der Waals surface area contributed by atoms with E-state index in [4.69, 9.17) is 4.98 Å². The van der Waals surface area contributed by atoms with Crippen LogP contribution in [0.5, 0.6) is 0 Å². The fraction of sp³-hybridized carbons (Fsp3) is 0.786. The molecule has 1 aromatic rings. The van der Waals surface area contributed by atoms with Crippen LogP contribution < -0.4 is 10.2 Å². The first-order valence-electron chi connectivity index (χ1n) is 7.31. The number of nitrogens with one attached hydrogen (secondary N) is 1. The lowest BCUT2D eigenvalue weighted by atomic mass is 10.0. The molecular formula is C14H23N3S. The predicted octanol–water partition coefficient (Wildman–Crippen LogP) is 2.82. The van der Waals surface area contributed by atoms with E-state index < -0.39 is 0 Å². The van der Waals surface area contributed by atoms with Crippen LogP contribution in [0.4, 0.5) is 5.13 Å². The van der Waals surface area contributed by atoms with Crippen molar-refractivity contribution in [1.82, 2.24) is 10.3 Å². The van der Waals surface area contributed by atoms with Crippen LogP contribution >= 0.6 is 11.3 Å². The predicted molar refractivity (Wildman–Crippen MR) is 77.5 cm³/mol. The Morgan fingerprint density at radius 3 is 2.89 bits per heavy atom. The lowest BCUT2D eigenvalue weighted by molar-refractivity contribution is 0.398. The van der Waals surface area contributed by atoms with E-state index >= 15 is 0 Å². The Bertz CT molecular complexity index is 380. The minimum atomic E-state index is 0.674.